The summed E-state index contributed by atoms with van der Waals surface area (Å²) in [4.78, 5) is 17.0. The fourth-order valence-corrected chi connectivity index (χ4v) is 3.50. The Bertz CT molecular complexity index is 582. The van der Waals surface area contributed by atoms with E-state index in [9.17, 15) is 4.79 Å². The van der Waals surface area contributed by atoms with Crippen molar-refractivity contribution in [2.24, 2.45) is 0 Å². The zero-order chi connectivity index (χ0) is 12.5. The molecule has 92 valence electrons. The van der Waals surface area contributed by atoms with E-state index in [-0.39, 0.29) is 0 Å². The van der Waals surface area contributed by atoms with E-state index in [0.29, 0.717) is 5.56 Å². The van der Waals surface area contributed by atoms with Crippen molar-refractivity contribution in [3.05, 3.63) is 51.0 Å². The topological polar surface area (TPSA) is 50.2 Å². The molecule has 3 rings (SSSR count). The molecule has 1 aliphatic carbocycles. The van der Waals surface area contributed by atoms with Crippen LogP contribution in [0.1, 0.15) is 37.9 Å². The minimum atomic E-state index is -0.876. The first kappa shape index (κ1) is 11.4. The summed E-state index contributed by atoms with van der Waals surface area (Å²) in [6, 6.07) is 7.10. The molecule has 2 aromatic rings. The molecule has 1 heterocycles. The first-order chi connectivity index (χ1) is 8.72. The molecular formula is C14H13NO2S. The van der Waals surface area contributed by atoms with Crippen molar-refractivity contribution in [1.29, 1.82) is 0 Å². The van der Waals surface area contributed by atoms with Crippen LogP contribution in [0.3, 0.4) is 0 Å². The standard InChI is InChI=1S/C14H13NO2S/c16-14(17)10-4-1-3-9(7-10)8-13-15-11-5-2-6-12(11)18-13/h1,3-4,7H,2,5-6,8H2,(H,16,17). The Morgan fingerprint density at radius 1 is 1.39 bits per heavy atom. The molecule has 18 heavy (non-hydrogen) atoms. The lowest BCUT2D eigenvalue weighted by molar-refractivity contribution is 0.0697. The molecule has 0 bridgehead atoms. The number of nitrogens with zero attached hydrogens (tertiary/aromatic N) is 1. The van der Waals surface area contributed by atoms with Crippen molar-refractivity contribution in [1.82, 2.24) is 4.98 Å². The second-order valence-corrected chi connectivity index (χ2v) is 5.68. The summed E-state index contributed by atoms with van der Waals surface area (Å²) in [5, 5.41) is 10.1. The predicted molar refractivity (Wildman–Crippen MR) is 70.3 cm³/mol. The molecule has 0 aliphatic heterocycles. The molecule has 0 atom stereocenters. The van der Waals surface area contributed by atoms with Crippen LogP contribution in [0.4, 0.5) is 0 Å². The van der Waals surface area contributed by atoms with E-state index in [0.717, 1.165) is 29.8 Å². The van der Waals surface area contributed by atoms with Gasteiger partial charge in [0.2, 0.25) is 0 Å². The number of fused-ring (bicyclic) bond motifs is 1. The maximum atomic E-state index is 10.9. The van der Waals surface area contributed by atoms with Crippen molar-refractivity contribution in [2.45, 2.75) is 25.7 Å². The molecule has 0 saturated carbocycles. The van der Waals surface area contributed by atoms with E-state index in [4.69, 9.17) is 5.11 Å². The third-order valence-corrected chi connectivity index (χ3v) is 4.33. The van der Waals surface area contributed by atoms with Gasteiger partial charge in [0, 0.05) is 11.3 Å². The van der Waals surface area contributed by atoms with Crippen molar-refractivity contribution in [3.63, 3.8) is 0 Å². The third kappa shape index (κ3) is 2.16. The summed E-state index contributed by atoms with van der Waals surface area (Å²) in [6.07, 6.45) is 4.21. The van der Waals surface area contributed by atoms with Gasteiger partial charge in [-0.05, 0) is 37.0 Å². The summed E-state index contributed by atoms with van der Waals surface area (Å²) < 4.78 is 0. The van der Waals surface area contributed by atoms with E-state index >= 15 is 0 Å². The molecular weight excluding hydrogens is 246 g/mol. The molecule has 0 fully saturated rings. The van der Waals surface area contributed by atoms with E-state index in [2.05, 4.69) is 4.98 Å². The molecule has 0 unspecified atom stereocenters. The number of carbonyl (C=O) groups is 1. The van der Waals surface area contributed by atoms with Gasteiger partial charge in [0.15, 0.2) is 0 Å². The molecule has 0 saturated heterocycles. The summed E-state index contributed by atoms with van der Waals surface area (Å²) in [5.74, 6) is -0.876. The maximum Gasteiger partial charge on any atom is 0.335 e. The van der Waals surface area contributed by atoms with E-state index in [1.54, 1.807) is 29.5 Å². The van der Waals surface area contributed by atoms with Crippen molar-refractivity contribution < 1.29 is 9.90 Å². The number of aryl methyl sites for hydroxylation is 2. The van der Waals surface area contributed by atoms with Crippen LogP contribution < -0.4 is 0 Å². The monoisotopic (exact) mass is 259 g/mol. The number of thiazole rings is 1. The first-order valence-corrected chi connectivity index (χ1v) is 6.84. The van der Waals surface area contributed by atoms with Crippen LogP contribution in [0.25, 0.3) is 0 Å². The lowest BCUT2D eigenvalue weighted by Crippen LogP contribution is -1.97. The summed E-state index contributed by atoms with van der Waals surface area (Å²) >= 11 is 1.77. The Hall–Kier alpha value is -1.68. The van der Waals surface area contributed by atoms with E-state index in [1.807, 2.05) is 6.07 Å². The first-order valence-electron chi connectivity index (χ1n) is 6.02. The number of hydrogen-bond donors (Lipinski definition) is 1. The van der Waals surface area contributed by atoms with Gasteiger partial charge in [-0.25, -0.2) is 9.78 Å². The van der Waals surface area contributed by atoms with Crippen LogP contribution in [0.15, 0.2) is 24.3 Å². The molecule has 1 aromatic heterocycles. The van der Waals surface area contributed by atoms with Crippen molar-refractivity contribution in [3.8, 4) is 0 Å². The fourth-order valence-electron chi connectivity index (χ4n) is 2.31. The van der Waals surface area contributed by atoms with Gasteiger partial charge >= 0.3 is 5.97 Å². The Morgan fingerprint density at radius 2 is 2.28 bits per heavy atom. The number of aromatic carboxylic acids is 1. The van der Waals surface area contributed by atoms with Gasteiger partial charge in [-0.1, -0.05) is 12.1 Å². The van der Waals surface area contributed by atoms with Crippen LogP contribution in [0.2, 0.25) is 0 Å². The van der Waals surface area contributed by atoms with E-state index < -0.39 is 5.97 Å². The molecule has 4 heteroatoms. The summed E-state index contributed by atoms with van der Waals surface area (Å²) in [6.45, 7) is 0. The molecule has 1 aliphatic rings. The number of carboxylic acid groups (broad SMARTS) is 1. The van der Waals surface area contributed by atoms with Gasteiger partial charge in [0.05, 0.1) is 16.3 Å². The highest BCUT2D eigenvalue weighted by atomic mass is 32.1. The second kappa shape index (κ2) is 4.53. The normalized spacial score (nSPS) is 13.6. The largest absolute Gasteiger partial charge is 0.478 e. The Labute approximate surface area is 109 Å². The Kier molecular flexibility index (Phi) is 2.88. The van der Waals surface area contributed by atoms with E-state index in [1.165, 1.54) is 17.0 Å². The van der Waals surface area contributed by atoms with Crippen LogP contribution in [-0.2, 0) is 19.3 Å². The minimum Gasteiger partial charge on any atom is -0.478 e. The Morgan fingerprint density at radius 3 is 3.06 bits per heavy atom. The SMILES string of the molecule is O=C(O)c1cccc(Cc2nc3c(s2)CCC3)c1. The molecule has 0 radical (unpaired) electrons. The minimum absolute atomic E-state index is 0.344. The van der Waals surface area contributed by atoms with Crippen LogP contribution in [0.5, 0.6) is 0 Å². The number of rotatable bonds is 3. The lowest BCUT2D eigenvalue weighted by Gasteiger charge is -2.00. The number of benzene rings is 1. The third-order valence-electron chi connectivity index (χ3n) is 3.17. The Balaban J connectivity index is 1.83. The highest BCUT2D eigenvalue weighted by Gasteiger charge is 2.16. The molecule has 0 amide bonds. The average Bonchev–Trinajstić information content (AvgIpc) is 2.90. The molecule has 1 aromatic carbocycles. The smallest absolute Gasteiger partial charge is 0.335 e. The predicted octanol–water partition coefficient (Wildman–Crippen LogP) is 2.92. The molecule has 1 N–H and O–H groups in total. The van der Waals surface area contributed by atoms with Crippen LogP contribution in [-0.4, -0.2) is 16.1 Å². The summed E-state index contributed by atoms with van der Waals surface area (Å²) in [7, 11) is 0. The molecule has 0 spiro atoms. The number of hydrogen-bond acceptors (Lipinski definition) is 3. The quantitative estimate of drug-likeness (QED) is 0.922. The van der Waals surface area contributed by atoms with Crippen molar-refractivity contribution in [2.75, 3.05) is 0 Å². The maximum absolute atomic E-state index is 10.9. The van der Waals surface area contributed by atoms with Gasteiger partial charge < -0.3 is 5.11 Å². The highest BCUT2D eigenvalue weighted by molar-refractivity contribution is 7.11. The van der Waals surface area contributed by atoms with Crippen molar-refractivity contribution >= 4 is 17.3 Å². The zero-order valence-electron chi connectivity index (χ0n) is 9.85. The van der Waals surface area contributed by atoms with Gasteiger partial charge in [0.25, 0.3) is 0 Å². The van der Waals surface area contributed by atoms with Gasteiger partial charge in [-0.2, -0.15) is 0 Å². The zero-order valence-corrected chi connectivity index (χ0v) is 10.7. The number of aromatic nitrogens is 1. The highest BCUT2D eigenvalue weighted by Crippen LogP contribution is 2.28. The lowest BCUT2D eigenvalue weighted by atomic mass is 10.1. The summed E-state index contributed by atoms with van der Waals surface area (Å²) in [5.41, 5.74) is 2.61. The fraction of sp³-hybridized carbons (Fsp3) is 0.286. The van der Waals surface area contributed by atoms with Crippen LogP contribution >= 0.6 is 11.3 Å². The van der Waals surface area contributed by atoms with Crippen LogP contribution in [0, 0.1) is 0 Å². The van der Waals surface area contributed by atoms with Gasteiger partial charge in [-0.3, -0.25) is 0 Å². The van der Waals surface area contributed by atoms with Gasteiger partial charge in [0.1, 0.15) is 0 Å². The van der Waals surface area contributed by atoms with Gasteiger partial charge in [-0.15, -0.1) is 11.3 Å². The average molecular weight is 259 g/mol. The second-order valence-electron chi connectivity index (χ2n) is 4.51. The molecule has 3 nitrogen and oxygen atoms in total. The number of carboxylic acids is 1.